The molecule has 1 aromatic heterocycles. The van der Waals surface area contributed by atoms with Crippen LogP contribution in [0.1, 0.15) is 5.56 Å². The molecule has 0 spiro atoms. The Labute approximate surface area is 83.0 Å². The summed E-state index contributed by atoms with van der Waals surface area (Å²) in [5.41, 5.74) is 1.18. The van der Waals surface area contributed by atoms with Crippen LogP contribution in [-0.4, -0.2) is 23.4 Å². The van der Waals surface area contributed by atoms with Gasteiger partial charge in [-0.3, -0.25) is 0 Å². The summed E-state index contributed by atoms with van der Waals surface area (Å²) in [6.07, 6.45) is 1.81. The molecular weight excluding hydrogens is 276 g/mol. The molecule has 66 valence electrons. The summed E-state index contributed by atoms with van der Waals surface area (Å²) < 4.78 is 1.29. The SMILES string of the molecule is Cc1c(Cl)ccn[c]1[Sn]([CH3])([CH3])[CH3]. The fourth-order valence-electron chi connectivity index (χ4n) is 1.27. The van der Waals surface area contributed by atoms with Gasteiger partial charge in [-0.25, -0.2) is 0 Å². The van der Waals surface area contributed by atoms with Crippen molar-refractivity contribution >= 4 is 33.7 Å². The molecular formula is C9H14ClNSn. The topological polar surface area (TPSA) is 12.9 Å². The van der Waals surface area contributed by atoms with Gasteiger partial charge in [0.15, 0.2) is 0 Å². The van der Waals surface area contributed by atoms with E-state index in [2.05, 4.69) is 26.7 Å². The van der Waals surface area contributed by atoms with E-state index in [4.69, 9.17) is 11.6 Å². The second kappa shape index (κ2) is 3.54. The Hall–Kier alpha value is 0.239. The van der Waals surface area contributed by atoms with Gasteiger partial charge in [0, 0.05) is 0 Å². The van der Waals surface area contributed by atoms with Gasteiger partial charge in [-0.1, -0.05) is 0 Å². The van der Waals surface area contributed by atoms with E-state index in [1.807, 2.05) is 12.3 Å². The van der Waals surface area contributed by atoms with E-state index in [1.54, 1.807) is 0 Å². The minimum atomic E-state index is -2.01. The van der Waals surface area contributed by atoms with Gasteiger partial charge in [0.05, 0.1) is 0 Å². The van der Waals surface area contributed by atoms with Gasteiger partial charge >= 0.3 is 83.3 Å². The van der Waals surface area contributed by atoms with E-state index in [0.29, 0.717) is 0 Å². The molecule has 0 atom stereocenters. The van der Waals surface area contributed by atoms with E-state index in [0.717, 1.165) is 5.02 Å². The summed E-state index contributed by atoms with van der Waals surface area (Å²) in [6, 6.07) is 1.86. The summed E-state index contributed by atoms with van der Waals surface area (Å²) in [4.78, 5) is 11.5. The Morgan fingerprint density at radius 3 is 2.33 bits per heavy atom. The molecule has 0 unspecified atom stereocenters. The van der Waals surface area contributed by atoms with Crippen molar-refractivity contribution < 1.29 is 0 Å². The number of rotatable bonds is 1. The Kier molecular flexibility index (Phi) is 3.05. The standard InChI is InChI=1S/C6H5ClN.3CH3.Sn/c1-5-4-8-3-2-6(5)7;;;;/h2-3H,1H3;3*1H3;. The van der Waals surface area contributed by atoms with E-state index in [1.165, 1.54) is 9.27 Å². The third-order valence-electron chi connectivity index (χ3n) is 1.85. The molecule has 0 amide bonds. The monoisotopic (exact) mass is 291 g/mol. The van der Waals surface area contributed by atoms with Crippen molar-refractivity contribution in [2.24, 2.45) is 0 Å². The summed E-state index contributed by atoms with van der Waals surface area (Å²) in [5, 5.41) is 0.853. The number of halogens is 1. The fraction of sp³-hybridized carbons (Fsp3) is 0.444. The molecule has 1 nitrogen and oxygen atoms in total. The molecule has 0 fully saturated rings. The maximum atomic E-state index is 6.01. The van der Waals surface area contributed by atoms with Crippen LogP contribution in [0.5, 0.6) is 0 Å². The third kappa shape index (κ3) is 2.13. The second-order valence-corrected chi connectivity index (χ2v) is 18.6. The van der Waals surface area contributed by atoms with Crippen LogP contribution in [0.4, 0.5) is 0 Å². The van der Waals surface area contributed by atoms with Gasteiger partial charge in [0.2, 0.25) is 0 Å². The van der Waals surface area contributed by atoms with Gasteiger partial charge in [-0.15, -0.1) is 0 Å². The second-order valence-electron chi connectivity index (χ2n) is 4.02. The number of hydrogen-bond donors (Lipinski definition) is 0. The quantitative estimate of drug-likeness (QED) is 0.725. The fourth-order valence-corrected chi connectivity index (χ4v) is 6.55. The summed E-state index contributed by atoms with van der Waals surface area (Å²) in [6.45, 7) is 2.06. The molecule has 0 bridgehead atoms. The van der Waals surface area contributed by atoms with E-state index in [-0.39, 0.29) is 0 Å². The zero-order chi connectivity index (χ0) is 9.35. The van der Waals surface area contributed by atoms with Gasteiger partial charge in [0.1, 0.15) is 0 Å². The Morgan fingerprint density at radius 2 is 1.92 bits per heavy atom. The van der Waals surface area contributed by atoms with Crippen molar-refractivity contribution in [3.63, 3.8) is 0 Å². The summed E-state index contributed by atoms with van der Waals surface area (Å²) >= 11 is 4.00. The van der Waals surface area contributed by atoms with Crippen LogP contribution in [0.2, 0.25) is 19.8 Å². The van der Waals surface area contributed by atoms with E-state index >= 15 is 0 Å². The van der Waals surface area contributed by atoms with Gasteiger partial charge in [-0.05, 0) is 0 Å². The van der Waals surface area contributed by atoms with Crippen molar-refractivity contribution in [1.29, 1.82) is 0 Å². The molecule has 0 aliphatic carbocycles. The molecule has 0 aromatic carbocycles. The average Bonchev–Trinajstić information content (AvgIpc) is 1.92. The molecule has 0 radical (unpaired) electrons. The van der Waals surface area contributed by atoms with Crippen molar-refractivity contribution in [2.75, 3.05) is 0 Å². The van der Waals surface area contributed by atoms with Crippen LogP contribution < -0.4 is 3.71 Å². The molecule has 0 N–H and O–H groups in total. The first-order chi connectivity index (χ1) is 5.43. The van der Waals surface area contributed by atoms with Crippen LogP contribution in [0.15, 0.2) is 12.3 Å². The van der Waals surface area contributed by atoms with Crippen molar-refractivity contribution in [2.45, 2.75) is 21.7 Å². The first kappa shape index (κ1) is 10.3. The molecule has 0 aliphatic rings. The predicted octanol–water partition coefficient (Wildman–Crippen LogP) is 2.59. The van der Waals surface area contributed by atoms with Gasteiger partial charge in [-0.2, -0.15) is 0 Å². The zero-order valence-electron chi connectivity index (χ0n) is 7.98. The normalized spacial score (nSPS) is 11.8. The first-order valence-electron chi connectivity index (χ1n) is 4.04. The van der Waals surface area contributed by atoms with Crippen LogP contribution in [-0.2, 0) is 0 Å². The average molecular weight is 290 g/mol. The molecule has 1 rings (SSSR count). The van der Waals surface area contributed by atoms with Crippen LogP contribution in [0.25, 0.3) is 0 Å². The molecule has 0 saturated carbocycles. The van der Waals surface area contributed by atoms with Crippen molar-refractivity contribution in [1.82, 2.24) is 4.98 Å². The summed E-state index contributed by atoms with van der Waals surface area (Å²) in [7, 11) is 0. The number of pyridine rings is 1. The molecule has 12 heavy (non-hydrogen) atoms. The third-order valence-corrected chi connectivity index (χ3v) is 7.75. The Balaban J connectivity index is 3.26. The van der Waals surface area contributed by atoms with Crippen molar-refractivity contribution in [3.05, 3.63) is 22.8 Å². The van der Waals surface area contributed by atoms with Gasteiger partial charge < -0.3 is 0 Å². The zero-order valence-corrected chi connectivity index (χ0v) is 11.6. The van der Waals surface area contributed by atoms with E-state index in [9.17, 15) is 0 Å². The van der Waals surface area contributed by atoms with Crippen LogP contribution in [0, 0.1) is 6.92 Å². The maximum absolute atomic E-state index is 6.01. The van der Waals surface area contributed by atoms with Gasteiger partial charge in [0.25, 0.3) is 0 Å². The summed E-state index contributed by atoms with van der Waals surface area (Å²) in [5.74, 6) is 0. The van der Waals surface area contributed by atoms with Crippen LogP contribution in [0.3, 0.4) is 0 Å². The van der Waals surface area contributed by atoms with E-state index < -0.39 is 18.4 Å². The number of aromatic nitrogens is 1. The van der Waals surface area contributed by atoms with Crippen molar-refractivity contribution in [3.8, 4) is 0 Å². The number of hydrogen-bond acceptors (Lipinski definition) is 1. The Bertz CT molecular complexity index is 291. The first-order valence-corrected chi connectivity index (χ1v) is 14.4. The minimum absolute atomic E-state index is 0.853. The number of nitrogens with zero attached hydrogens (tertiary/aromatic N) is 1. The van der Waals surface area contributed by atoms with Crippen LogP contribution >= 0.6 is 11.6 Å². The predicted molar refractivity (Wildman–Crippen MR) is 57.0 cm³/mol. The molecule has 3 heteroatoms. The molecule has 0 aliphatic heterocycles. The molecule has 1 aromatic rings. The molecule has 0 saturated heterocycles. The Morgan fingerprint density at radius 1 is 1.33 bits per heavy atom. The molecule has 1 heterocycles.